The molecule has 8 nitrogen and oxygen atoms in total. The van der Waals surface area contributed by atoms with Gasteiger partial charge in [-0.15, -0.1) is 0 Å². The van der Waals surface area contributed by atoms with Crippen LogP contribution in [0.3, 0.4) is 0 Å². The van der Waals surface area contributed by atoms with E-state index in [1.807, 2.05) is 12.1 Å². The number of benzene rings is 1. The Morgan fingerprint density at radius 1 is 1.23 bits per heavy atom. The SMILES string of the molecule is Cc1[nH][nH]c(=O)c1[C@@H](c1ccccc1[N+](=O)[O-])C(C#N)C#N. The zero-order valence-electron chi connectivity index (χ0n) is 11.5. The van der Waals surface area contributed by atoms with Crippen LogP contribution >= 0.6 is 0 Å². The number of nitro benzene ring substituents is 1. The normalized spacial score (nSPS) is 11.6. The van der Waals surface area contributed by atoms with Crippen LogP contribution in [0.1, 0.15) is 22.7 Å². The summed E-state index contributed by atoms with van der Waals surface area (Å²) < 4.78 is 0. The molecule has 0 aliphatic rings. The second kappa shape index (κ2) is 5.94. The summed E-state index contributed by atoms with van der Waals surface area (Å²) in [6.45, 7) is 1.60. The van der Waals surface area contributed by atoms with E-state index in [1.54, 1.807) is 13.0 Å². The monoisotopic (exact) mass is 297 g/mol. The molecule has 1 heterocycles. The third-order valence-corrected chi connectivity index (χ3v) is 3.40. The zero-order chi connectivity index (χ0) is 16.3. The fourth-order valence-corrected chi connectivity index (χ4v) is 2.43. The van der Waals surface area contributed by atoms with Crippen LogP contribution in [0.25, 0.3) is 0 Å². The van der Waals surface area contributed by atoms with E-state index in [1.165, 1.54) is 18.2 Å². The highest BCUT2D eigenvalue weighted by Gasteiger charge is 2.34. The van der Waals surface area contributed by atoms with E-state index in [0.29, 0.717) is 5.69 Å². The van der Waals surface area contributed by atoms with Gasteiger partial charge in [0.05, 0.1) is 23.0 Å². The van der Waals surface area contributed by atoms with E-state index in [0.717, 1.165) is 0 Å². The number of H-pyrrole nitrogens is 2. The first kappa shape index (κ1) is 15.0. The van der Waals surface area contributed by atoms with Crippen molar-refractivity contribution in [3.05, 3.63) is 61.6 Å². The molecule has 0 saturated heterocycles. The molecule has 1 aromatic heterocycles. The maximum Gasteiger partial charge on any atom is 0.273 e. The summed E-state index contributed by atoms with van der Waals surface area (Å²) in [6, 6.07) is 9.41. The van der Waals surface area contributed by atoms with Gasteiger partial charge in [0.15, 0.2) is 0 Å². The van der Waals surface area contributed by atoms with Gasteiger partial charge >= 0.3 is 0 Å². The molecule has 0 unspecified atom stereocenters. The first-order valence-electron chi connectivity index (χ1n) is 6.31. The van der Waals surface area contributed by atoms with Gasteiger partial charge in [0.25, 0.3) is 11.2 Å². The summed E-state index contributed by atoms with van der Waals surface area (Å²) in [5.41, 5.74) is 0.0130. The highest BCUT2D eigenvalue weighted by Crippen LogP contribution is 2.36. The minimum Gasteiger partial charge on any atom is -0.302 e. The van der Waals surface area contributed by atoms with Crippen molar-refractivity contribution in [3.63, 3.8) is 0 Å². The summed E-state index contributed by atoms with van der Waals surface area (Å²) in [5, 5.41) is 34.6. The van der Waals surface area contributed by atoms with Gasteiger partial charge in [-0.1, -0.05) is 18.2 Å². The second-order valence-electron chi connectivity index (χ2n) is 4.65. The lowest BCUT2D eigenvalue weighted by Gasteiger charge is -2.16. The molecule has 2 N–H and O–H groups in total. The first-order valence-corrected chi connectivity index (χ1v) is 6.31. The summed E-state index contributed by atoms with van der Waals surface area (Å²) in [7, 11) is 0. The Balaban J connectivity index is 2.78. The fraction of sp³-hybridized carbons (Fsp3) is 0.214. The number of aromatic amines is 2. The Hall–Kier alpha value is -3.39. The summed E-state index contributed by atoms with van der Waals surface area (Å²) in [4.78, 5) is 22.6. The summed E-state index contributed by atoms with van der Waals surface area (Å²) in [5.74, 6) is -2.23. The molecule has 110 valence electrons. The number of nitrogens with zero attached hydrogens (tertiary/aromatic N) is 3. The number of hydrogen-bond acceptors (Lipinski definition) is 5. The maximum absolute atomic E-state index is 12.0. The Morgan fingerprint density at radius 3 is 2.36 bits per heavy atom. The summed E-state index contributed by atoms with van der Waals surface area (Å²) >= 11 is 0. The Bertz CT molecular complexity index is 838. The van der Waals surface area contributed by atoms with E-state index in [2.05, 4.69) is 10.2 Å². The molecule has 2 aromatic rings. The maximum atomic E-state index is 12.0. The van der Waals surface area contributed by atoms with Crippen LogP contribution in [0.2, 0.25) is 0 Å². The van der Waals surface area contributed by atoms with E-state index in [4.69, 9.17) is 0 Å². The molecule has 1 atom stereocenters. The van der Waals surface area contributed by atoms with E-state index in [9.17, 15) is 25.4 Å². The molecule has 0 amide bonds. The van der Waals surface area contributed by atoms with Crippen molar-refractivity contribution in [1.29, 1.82) is 10.5 Å². The topological polar surface area (TPSA) is 139 Å². The van der Waals surface area contributed by atoms with Crippen molar-refractivity contribution in [3.8, 4) is 12.1 Å². The standard InChI is InChI=1S/C14H11N5O3/c1-8-12(14(20)18-17-8)13(9(6-15)7-16)10-4-2-3-5-11(10)19(21)22/h2-5,9,13H,1H3,(H2,17,18,20)/t13-/m1/s1. The number of nitrogens with one attached hydrogen (secondary N) is 2. The quantitative estimate of drug-likeness (QED) is 0.653. The van der Waals surface area contributed by atoms with Gasteiger partial charge in [0, 0.05) is 22.9 Å². The fourth-order valence-electron chi connectivity index (χ4n) is 2.43. The predicted octanol–water partition coefficient (Wildman–Crippen LogP) is 1.71. The van der Waals surface area contributed by atoms with Crippen LogP contribution in [-0.2, 0) is 0 Å². The lowest BCUT2D eigenvalue weighted by atomic mass is 9.81. The van der Waals surface area contributed by atoms with Crippen molar-refractivity contribution < 1.29 is 4.92 Å². The van der Waals surface area contributed by atoms with Gasteiger partial charge in [-0.25, -0.2) is 0 Å². The molecule has 0 fully saturated rings. The van der Waals surface area contributed by atoms with Crippen molar-refractivity contribution in [2.75, 3.05) is 0 Å². The average Bonchev–Trinajstić information content (AvgIpc) is 2.84. The van der Waals surface area contributed by atoms with Crippen molar-refractivity contribution >= 4 is 5.69 Å². The van der Waals surface area contributed by atoms with Crippen LogP contribution < -0.4 is 5.56 Å². The molecular formula is C14H11N5O3. The Morgan fingerprint density at radius 2 is 1.86 bits per heavy atom. The van der Waals surface area contributed by atoms with Crippen molar-refractivity contribution in [1.82, 2.24) is 10.2 Å². The highest BCUT2D eigenvalue weighted by atomic mass is 16.6. The first-order chi connectivity index (χ1) is 10.5. The lowest BCUT2D eigenvalue weighted by Crippen LogP contribution is -2.20. The van der Waals surface area contributed by atoms with Gasteiger partial charge in [0.1, 0.15) is 5.92 Å². The van der Waals surface area contributed by atoms with E-state index >= 15 is 0 Å². The number of para-hydroxylation sites is 1. The lowest BCUT2D eigenvalue weighted by molar-refractivity contribution is -0.385. The molecule has 0 saturated carbocycles. The molecule has 2 rings (SSSR count). The van der Waals surface area contributed by atoms with Crippen LogP contribution in [0, 0.1) is 45.6 Å². The van der Waals surface area contributed by atoms with E-state index in [-0.39, 0.29) is 16.8 Å². The molecule has 0 bridgehead atoms. The number of aromatic nitrogens is 2. The molecule has 8 heteroatoms. The average molecular weight is 297 g/mol. The zero-order valence-corrected chi connectivity index (χ0v) is 11.5. The molecular weight excluding hydrogens is 286 g/mol. The predicted molar refractivity (Wildman–Crippen MR) is 75.8 cm³/mol. The molecule has 0 spiro atoms. The number of aryl methyl sites for hydroxylation is 1. The van der Waals surface area contributed by atoms with Crippen molar-refractivity contribution in [2.24, 2.45) is 5.92 Å². The minimum absolute atomic E-state index is 0.155. The van der Waals surface area contributed by atoms with Crippen LogP contribution in [0.5, 0.6) is 0 Å². The number of nitriles is 2. The third kappa shape index (κ3) is 2.45. The number of nitro groups is 1. The van der Waals surface area contributed by atoms with Gasteiger partial charge in [-0.05, 0) is 6.92 Å². The van der Waals surface area contributed by atoms with Gasteiger partial charge in [-0.3, -0.25) is 20.0 Å². The molecule has 0 radical (unpaired) electrons. The molecule has 1 aromatic carbocycles. The van der Waals surface area contributed by atoms with Gasteiger partial charge in [0.2, 0.25) is 0 Å². The van der Waals surface area contributed by atoms with Crippen LogP contribution in [0.15, 0.2) is 29.1 Å². The molecule has 22 heavy (non-hydrogen) atoms. The second-order valence-corrected chi connectivity index (χ2v) is 4.65. The van der Waals surface area contributed by atoms with Crippen LogP contribution in [-0.4, -0.2) is 15.1 Å². The van der Waals surface area contributed by atoms with E-state index < -0.39 is 22.3 Å². The van der Waals surface area contributed by atoms with Crippen LogP contribution in [0.4, 0.5) is 5.69 Å². The smallest absolute Gasteiger partial charge is 0.273 e. The third-order valence-electron chi connectivity index (χ3n) is 3.40. The highest BCUT2D eigenvalue weighted by molar-refractivity contribution is 5.49. The molecule has 0 aliphatic carbocycles. The Labute approximate surface area is 124 Å². The largest absolute Gasteiger partial charge is 0.302 e. The summed E-state index contributed by atoms with van der Waals surface area (Å²) in [6.07, 6.45) is 0. The van der Waals surface area contributed by atoms with Gasteiger partial charge in [-0.2, -0.15) is 10.5 Å². The molecule has 0 aliphatic heterocycles. The number of hydrogen-bond donors (Lipinski definition) is 2. The van der Waals surface area contributed by atoms with Gasteiger partial charge < -0.3 is 5.10 Å². The Kier molecular flexibility index (Phi) is 4.05. The minimum atomic E-state index is -1.23. The van der Waals surface area contributed by atoms with Crippen molar-refractivity contribution in [2.45, 2.75) is 12.8 Å². The number of rotatable bonds is 4.